The molecule has 0 radical (unpaired) electrons. The molecule has 0 aliphatic carbocycles. The van der Waals surface area contributed by atoms with E-state index in [-0.39, 0.29) is 29.5 Å². The molecule has 0 bridgehead atoms. The zero-order valence-corrected chi connectivity index (χ0v) is 11.0. The van der Waals surface area contributed by atoms with E-state index in [1.807, 2.05) is 6.92 Å². The van der Waals surface area contributed by atoms with E-state index in [2.05, 4.69) is 5.32 Å². The molecule has 1 aromatic carbocycles. The SMILES string of the molecule is CCCN(CC(=O)NC)C(=O)c1cc(O)ccc1O. The molecule has 1 aromatic rings. The molecule has 0 heterocycles. The van der Waals surface area contributed by atoms with Crippen molar-refractivity contribution in [3.05, 3.63) is 23.8 Å². The van der Waals surface area contributed by atoms with Gasteiger partial charge in [-0.2, -0.15) is 0 Å². The van der Waals surface area contributed by atoms with Crippen molar-refractivity contribution in [2.24, 2.45) is 0 Å². The van der Waals surface area contributed by atoms with Crippen LogP contribution in [-0.4, -0.2) is 47.1 Å². The largest absolute Gasteiger partial charge is 0.508 e. The molecule has 0 saturated heterocycles. The van der Waals surface area contributed by atoms with E-state index >= 15 is 0 Å². The van der Waals surface area contributed by atoms with Gasteiger partial charge in [0.2, 0.25) is 5.91 Å². The zero-order chi connectivity index (χ0) is 14.4. The first-order chi connectivity index (χ1) is 8.99. The predicted octanol–water partition coefficient (Wildman–Crippen LogP) is 0.696. The summed E-state index contributed by atoms with van der Waals surface area (Å²) in [6.45, 7) is 2.19. The lowest BCUT2D eigenvalue weighted by molar-refractivity contribution is -0.121. The first-order valence-electron chi connectivity index (χ1n) is 6.01. The van der Waals surface area contributed by atoms with E-state index in [9.17, 15) is 19.8 Å². The summed E-state index contributed by atoms with van der Waals surface area (Å²) in [7, 11) is 1.49. The van der Waals surface area contributed by atoms with Gasteiger partial charge in [0.1, 0.15) is 11.5 Å². The number of aromatic hydroxyl groups is 2. The lowest BCUT2D eigenvalue weighted by Crippen LogP contribution is -2.40. The second-order valence-electron chi connectivity index (χ2n) is 4.10. The fourth-order valence-corrected chi connectivity index (χ4v) is 1.64. The van der Waals surface area contributed by atoms with Crippen molar-refractivity contribution < 1.29 is 19.8 Å². The van der Waals surface area contributed by atoms with Crippen LogP contribution in [0.1, 0.15) is 23.7 Å². The van der Waals surface area contributed by atoms with E-state index < -0.39 is 5.91 Å². The van der Waals surface area contributed by atoms with Crippen LogP contribution in [0.15, 0.2) is 18.2 Å². The predicted molar refractivity (Wildman–Crippen MR) is 70.0 cm³/mol. The summed E-state index contributed by atoms with van der Waals surface area (Å²) >= 11 is 0. The average molecular weight is 266 g/mol. The van der Waals surface area contributed by atoms with Crippen LogP contribution >= 0.6 is 0 Å². The topological polar surface area (TPSA) is 89.9 Å². The van der Waals surface area contributed by atoms with Crippen LogP contribution < -0.4 is 5.32 Å². The monoisotopic (exact) mass is 266 g/mol. The summed E-state index contributed by atoms with van der Waals surface area (Å²) in [5.74, 6) is -1.11. The number of hydrogen-bond acceptors (Lipinski definition) is 4. The van der Waals surface area contributed by atoms with Crippen LogP contribution in [0, 0.1) is 0 Å². The number of rotatable bonds is 5. The molecule has 0 unspecified atom stereocenters. The van der Waals surface area contributed by atoms with Gasteiger partial charge >= 0.3 is 0 Å². The highest BCUT2D eigenvalue weighted by Gasteiger charge is 2.20. The number of amides is 2. The first kappa shape index (κ1) is 14.8. The lowest BCUT2D eigenvalue weighted by atomic mass is 10.1. The van der Waals surface area contributed by atoms with Gasteiger partial charge in [-0.1, -0.05) is 6.92 Å². The Bertz CT molecular complexity index is 474. The highest BCUT2D eigenvalue weighted by molar-refractivity contribution is 5.99. The molecular formula is C13H18N2O4. The Labute approximate surface area is 111 Å². The molecule has 0 saturated carbocycles. The molecule has 0 atom stereocenters. The molecule has 3 N–H and O–H groups in total. The number of nitrogens with zero attached hydrogens (tertiary/aromatic N) is 1. The van der Waals surface area contributed by atoms with Gasteiger partial charge in [0.25, 0.3) is 5.91 Å². The van der Waals surface area contributed by atoms with Crippen LogP contribution in [0.3, 0.4) is 0 Å². The van der Waals surface area contributed by atoms with Gasteiger partial charge < -0.3 is 20.4 Å². The van der Waals surface area contributed by atoms with E-state index in [1.54, 1.807) is 0 Å². The molecule has 0 aromatic heterocycles. The molecule has 2 amide bonds. The Morgan fingerprint density at radius 2 is 2.00 bits per heavy atom. The van der Waals surface area contributed by atoms with Gasteiger partial charge in [-0.15, -0.1) is 0 Å². The number of phenolic OH excluding ortho intramolecular Hbond substituents is 2. The standard InChI is InChI=1S/C13H18N2O4/c1-3-6-15(8-12(18)14-2)13(19)10-7-9(16)4-5-11(10)17/h4-5,7,16-17H,3,6,8H2,1-2H3,(H,14,18). The highest BCUT2D eigenvalue weighted by atomic mass is 16.3. The first-order valence-corrected chi connectivity index (χ1v) is 6.01. The Balaban J connectivity index is 2.98. The number of hydrogen-bond donors (Lipinski definition) is 3. The second-order valence-corrected chi connectivity index (χ2v) is 4.10. The van der Waals surface area contributed by atoms with Gasteiger partial charge in [-0.25, -0.2) is 0 Å². The third-order valence-electron chi connectivity index (χ3n) is 2.60. The average Bonchev–Trinajstić information content (AvgIpc) is 2.40. The fraction of sp³-hybridized carbons (Fsp3) is 0.385. The fourth-order valence-electron chi connectivity index (χ4n) is 1.64. The number of nitrogens with one attached hydrogen (secondary N) is 1. The summed E-state index contributed by atoms with van der Waals surface area (Å²) < 4.78 is 0. The van der Waals surface area contributed by atoms with Crippen LogP contribution in [-0.2, 0) is 4.79 Å². The lowest BCUT2D eigenvalue weighted by Gasteiger charge is -2.21. The third-order valence-corrected chi connectivity index (χ3v) is 2.60. The minimum atomic E-state index is -0.487. The van der Waals surface area contributed by atoms with E-state index in [1.165, 1.54) is 30.1 Å². The quantitative estimate of drug-likeness (QED) is 0.684. The number of carbonyl (C=O) groups excluding carboxylic acids is 2. The van der Waals surface area contributed by atoms with E-state index in [0.717, 1.165) is 0 Å². The molecular weight excluding hydrogens is 248 g/mol. The Kier molecular flexibility index (Phi) is 5.17. The minimum Gasteiger partial charge on any atom is -0.508 e. The normalized spacial score (nSPS) is 10.0. The molecule has 0 aliphatic rings. The number of phenols is 2. The van der Waals surface area contributed by atoms with Crippen molar-refractivity contribution in [2.45, 2.75) is 13.3 Å². The molecule has 0 aliphatic heterocycles. The van der Waals surface area contributed by atoms with Gasteiger partial charge in [0, 0.05) is 13.6 Å². The van der Waals surface area contributed by atoms with Crippen LogP contribution in [0.4, 0.5) is 0 Å². The van der Waals surface area contributed by atoms with Gasteiger partial charge in [-0.3, -0.25) is 9.59 Å². The Hall–Kier alpha value is -2.24. The third kappa shape index (κ3) is 3.87. The van der Waals surface area contributed by atoms with Crippen LogP contribution in [0.2, 0.25) is 0 Å². The highest BCUT2D eigenvalue weighted by Crippen LogP contribution is 2.23. The smallest absolute Gasteiger partial charge is 0.258 e. The number of benzene rings is 1. The van der Waals surface area contributed by atoms with Crippen molar-refractivity contribution in [1.29, 1.82) is 0 Å². The summed E-state index contributed by atoms with van der Waals surface area (Å²) in [6, 6.07) is 3.71. The van der Waals surface area contributed by atoms with Gasteiger partial charge in [0.15, 0.2) is 0 Å². The summed E-state index contributed by atoms with van der Waals surface area (Å²) in [4.78, 5) is 24.9. The van der Waals surface area contributed by atoms with E-state index in [4.69, 9.17) is 0 Å². The Morgan fingerprint density at radius 3 is 2.58 bits per heavy atom. The van der Waals surface area contributed by atoms with E-state index in [0.29, 0.717) is 13.0 Å². The van der Waals surface area contributed by atoms with Crippen molar-refractivity contribution in [1.82, 2.24) is 10.2 Å². The number of carbonyl (C=O) groups is 2. The maximum Gasteiger partial charge on any atom is 0.258 e. The maximum absolute atomic E-state index is 12.2. The van der Waals surface area contributed by atoms with Crippen LogP contribution in [0.25, 0.3) is 0 Å². The second kappa shape index (κ2) is 6.63. The summed E-state index contributed by atoms with van der Waals surface area (Å²) in [5.41, 5.74) is -0.0163. The van der Waals surface area contributed by atoms with Crippen molar-refractivity contribution in [3.8, 4) is 11.5 Å². The van der Waals surface area contributed by atoms with Crippen molar-refractivity contribution in [3.63, 3.8) is 0 Å². The number of likely N-dealkylation sites (N-methyl/N-ethyl adjacent to an activating group) is 1. The molecule has 1 rings (SSSR count). The maximum atomic E-state index is 12.2. The van der Waals surface area contributed by atoms with Crippen LogP contribution in [0.5, 0.6) is 11.5 Å². The van der Waals surface area contributed by atoms with Crippen molar-refractivity contribution in [2.75, 3.05) is 20.1 Å². The molecule has 6 heteroatoms. The molecule has 19 heavy (non-hydrogen) atoms. The van der Waals surface area contributed by atoms with Gasteiger partial charge in [0.05, 0.1) is 12.1 Å². The Morgan fingerprint density at radius 1 is 1.32 bits per heavy atom. The molecule has 6 nitrogen and oxygen atoms in total. The minimum absolute atomic E-state index is 0.0163. The molecule has 0 spiro atoms. The molecule has 0 fully saturated rings. The zero-order valence-electron chi connectivity index (χ0n) is 11.0. The van der Waals surface area contributed by atoms with Crippen molar-refractivity contribution >= 4 is 11.8 Å². The summed E-state index contributed by atoms with van der Waals surface area (Å²) in [5, 5.41) is 21.5. The van der Waals surface area contributed by atoms with Gasteiger partial charge in [-0.05, 0) is 24.6 Å². The molecule has 104 valence electrons. The summed E-state index contributed by atoms with van der Waals surface area (Å²) in [6.07, 6.45) is 0.683.